The van der Waals surface area contributed by atoms with Crippen LogP contribution in [-0.2, 0) is 6.54 Å². The Morgan fingerprint density at radius 2 is 1.89 bits per heavy atom. The standard InChI is InChI=1S/C20H15N3O3S/c24-19(21-10-13-6-3-5-12-4-1-2-7-14(12)13)23-20-22-15-8-16-17(26-11-25-16)9-18(15)27-20/h1-9H,10-11H2,(H2,21,22,23,24). The largest absolute Gasteiger partial charge is 0.454 e. The smallest absolute Gasteiger partial charge is 0.321 e. The van der Waals surface area contributed by atoms with Gasteiger partial charge in [-0.25, -0.2) is 9.78 Å². The fourth-order valence-corrected chi connectivity index (χ4v) is 4.01. The van der Waals surface area contributed by atoms with Gasteiger partial charge in [0, 0.05) is 18.7 Å². The van der Waals surface area contributed by atoms with Gasteiger partial charge in [-0.05, 0) is 16.3 Å². The molecule has 27 heavy (non-hydrogen) atoms. The molecule has 0 spiro atoms. The van der Waals surface area contributed by atoms with Crippen molar-refractivity contribution in [2.24, 2.45) is 0 Å². The minimum absolute atomic E-state index is 0.230. The molecule has 0 unspecified atom stereocenters. The Balaban J connectivity index is 1.30. The number of benzene rings is 3. The van der Waals surface area contributed by atoms with E-state index in [9.17, 15) is 4.79 Å². The van der Waals surface area contributed by atoms with Gasteiger partial charge in [-0.15, -0.1) is 0 Å². The van der Waals surface area contributed by atoms with Crippen molar-refractivity contribution in [2.75, 3.05) is 12.1 Å². The summed E-state index contributed by atoms with van der Waals surface area (Å²) in [5.74, 6) is 1.39. The van der Waals surface area contributed by atoms with E-state index in [2.05, 4.69) is 33.8 Å². The van der Waals surface area contributed by atoms with Crippen LogP contribution in [0.1, 0.15) is 5.56 Å². The summed E-state index contributed by atoms with van der Waals surface area (Å²) in [6.45, 7) is 0.669. The second-order valence-corrected chi connectivity index (χ2v) is 7.17. The molecular weight excluding hydrogens is 362 g/mol. The number of thiazole rings is 1. The van der Waals surface area contributed by atoms with Crippen LogP contribution in [0, 0.1) is 0 Å². The van der Waals surface area contributed by atoms with Gasteiger partial charge in [-0.3, -0.25) is 5.32 Å². The lowest BCUT2D eigenvalue weighted by atomic mass is 10.0. The van der Waals surface area contributed by atoms with Crippen molar-refractivity contribution >= 4 is 43.5 Å². The molecule has 2 amide bonds. The summed E-state index contributed by atoms with van der Waals surface area (Å²) < 4.78 is 11.7. The molecule has 0 saturated carbocycles. The molecule has 0 fully saturated rings. The third-order valence-electron chi connectivity index (χ3n) is 4.42. The molecule has 0 saturated heterocycles. The van der Waals surface area contributed by atoms with Gasteiger partial charge in [0.1, 0.15) is 0 Å². The number of rotatable bonds is 3. The number of aromatic nitrogens is 1. The highest BCUT2D eigenvalue weighted by Gasteiger charge is 2.17. The predicted molar refractivity (Wildman–Crippen MR) is 106 cm³/mol. The van der Waals surface area contributed by atoms with E-state index in [0.29, 0.717) is 23.2 Å². The Labute approximate surface area is 158 Å². The molecule has 2 N–H and O–H groups in total. The van der Waals surface area contributed by atoms with Gasteiger partial charge < -0.3 is 14.8 Å². The lowest BCUT2D eigenvalue weighted by Gasteiger charge is -2.08. The molecule has 0 bridgehead atoms. The van der Waals surface area contributed by atoms with E-state index in [1.807, 2.05) is 36.4 Å². The Morgan fingerprint density at radius 1 is 1.07 bits per heavy atom. The van der Waals surface area contributed by atoms with Crippen molar-refractivity contribution in [2.45, 2.75) is 6.54 Å². The Morgan fingerprint density at radius 3 is 2.81 bits per heavy atom. The number of ether oxygens (including phenoxy) is 2. The first-order chi connectivity index (χ1) is 13.3. The molecular formula is C20H15N3O3S. The number of hydrogen-bond donors (Lipinski definition) is 2. The van der Waals surface area contributed by atoms with Crippen molar-refractivity contribution < 1.29 is 14.3 Å². The number of anilines is 1. The number of carbonyl (C=O) groups excluding carboxylic acids is 1. The molecule has 1 aliphatic rings. The van der Waals surface area contributed by atoms with E-state index in [-0.39, 0.29) is 12.8 Å². The predicted octanol–water partition coefficient (Wildman–Crippen LogP) is 4.50. The van der Waals surface area contributed by atoms with Crippen LogP contribution in [0.3, 0.4) is 0 Å². The van der Waals surface area contributed by atoms with Crippen molar-refractivity contribution in [1.82, 2.24) is 10.3 Å². The fraction of sp³-hybridized carbons (Fsp3) is 0.100. The number of nitrogens with one attached hydrogen (secondary N) is 2. The monoisotopic (exact) mass is 377 g/mol. The van der Waals surface area contributed by atoms with E-state index >= 15 is 0 Å². The molecule has 1 aliphatic heterocycles. The van der Waals surface area contributed by atoms with Crippen molar-refractivity contribution in [3.63, 3.8) is 0 Å². The van der Waals surface area contributed by atoms with E-state index in [1.54, 1.807) is 0 Å². The molecule has 6 nitrogen and oxygen atoms in total. The van der Waals surface area contributed by atoms with Gasteiger partial charge >= 0.3 is 6.03 Å². The topological polar surface area (TPSA) is 72.5 Å². The van der Waals surface area contributed by atoms with Crippen molar-refractivity contribution in [1.29, 1.82) is 0 Å². The first-order valence-electron chi connectivity index (χ1n) is 8.48. The van der Waals surface area contributed by atoms with Crippen LogP contribution in [0.25, 0.3) is 21.0 Å². The average molecular weight is 377 g/mol. The van der Waals surface area contributed by atoms with Crippen LogP contribution in [0.5, 0.6) is 11.5 Å². The summed E-state index contributed by atoms with van der Waals surface area (Å²) in [6, 6.07) is 17.6. The lowest BCUT2D eigenvalue weighted by molar-refractivity contribution is 0.174. The van der Waals surface area contributed by atoms with Gasteiger partial charge in [0.2, 0.25) is 6.79 Å². The number of urea groups is 1. The highest BCUT2D eigenvalue weighted by molar-refractivity contribution is 7.22. The van der Waals surface area contributed by atoms with Crippen LogP contribution < -0.4 is 20.1 Å². The zero-order chi connectivity index (χ0) is 18.2. The average Bonchev–Trinajstić information content (AvgIpc) is 3.29. The molecule has 0 aliphatic carbocycles. The van der Waals surface area contributed by atoms with E-state index in [1.165, 1.54) is 11.3 Å². The summed E-state index contributed by atoms with van der Waals surface area (Å²) in [5.41, 5.74) is 1.84. The van der Waals surface area contributed by atoms with Gasteiger partial charge in [0.05, 0.1) is 10.2 Å². The second-order valence-electron chi connectivity index (χ2n) is 6.14. The summed E-state index contributed by atoms with van der Waals surface area (Å²) in [6.07, 6.45) is 0. The third kappa shape index (κ3) is 3.02. The molecule has 5 rings (SSSR count). The SMILES string of the molecule is O=C(NCc1cccc2ccccc12)Nc1nc2cc3c(cc2s1)OCO3. The Kier molecular flexibility index (Phi) is 3.79. The van der Waals surface area contributed by atoms with E-state index < -0.39 is 0 Å². The summed E-state index contributed by atoms with van der Waals surface area (Å²) in [4.78, 5) is 16.7. The fourth-order valence-electron chi connectivity index (χ4n) is 3.14. The molecule has 3 aromatic carbocycles. The second kappa shape index (κ2) is 6.44. The first kappa shape index (κ1) is 15.9. The maximum atomic E-state index is 12.3. The zero-order valence-electron chi connectivity index (χ0n) is 14.2. The summed E-state index contributed by atoms with van der Waals surface area (Å²) in [7, 11) is 0. The quantitative estimate of drug-likeness (QED) is 0.551. The molecule has 7 heteroatoms. The van der Waals surface area contributed by atoms with Gasteiger partial charge in [0.15, 0.2) is 16.6 Å². The number of carbonyl (C=O) groups is 1. The van der Waals surface area contributed by atoms with Crippen LogP contribution in [-0.4, -0.2) is 17.8 Å². The van der Waals surface area contributed by atoms with Crippen molar-refractivity contribution in [3.05, 3.63) is 60.2 Å². The maximum absolute atomic E-state index is 12.3. The highest BCUT2D eigenvalue weighted by atomic mass is 32.1. The van der Waals surface area contributed by atoms with Gasteiger partial charge in [-0.2, -0.15) is 0 Å². The lowest BCUT2D eigenvalue weighted by Crippen LogP contribution is -2.28. The van der Waals surface area contributed by atoms with Crippen molar-refractivity contribution in [3.8, 4) is 11.5 Å². The molecule has 2 heterocycles. The molecule has 134 valence electrons. The number of fused-ring (bicyclic) bond motifs is 3. The highest BCUT2D eigenvalue weighted by Crippen LogP contribution is 2.38. The number of hydrogen-bond acceptors (Lipinski definition) is 5. The summed E-state index contributed by atoms with van der Waals surface area (Å²) >= 11 is 1.40. The number of amides is 2. The van der Waals surface area contributed by atoms with Gasteiger partial charge in [0.25, 0.3) is 0 Å². The van der Waals surface area contributed by atoms with Gasteiger partial charge in [-0.1, -0.05) is 53.8 Å². The first-order valence-corrected chi connectivity index (χ1v) is 9.29. The van der Waals surface area contributed by atoms with E-state index in [4.69, 9.17) is 9.47 Å². The van der Waals surface area contributed by atoms with E-state index in [0.717, 1.165) is 26.6 Å². The maximum Gasteiger partial charge on any atom is 0.321 e. The van der Waals surface area contributed by atoms with Crippen LogP contribution in [0.4, 0.5) is 9.93 Å². The normalized spacial score (nSPS) is 12.4. The number of nitrogens with zero attached hydrogens (tertiary/aromatic N) is 1. The Hall–Kier alpha value is -3.32. The minimum Gasteiger partial charge on any atom is -0.454 e. The van der Waals surface area contributed by atoms with Crippen LogP contribution in [0.15, 0.2) is 54.6 Å². The van der Waals surface area contributed by atoms with Crippen LogP contribution in [0.2, 0.25) is 0 Å². The minimum atomic E-state index is -0.290. The molecule has 1 aromatic heterocycles. The summed E-state index contributed by atoms with van der Waals surface area (Å²) in [5, 5.41) is 8.52. The van der Waals surface area contributed by atoms with Crippen LogP contribution >= 0.6 is 11.3 Å². The zero-order valence-corrected chi connectivity index (χ0v) is 15.0. The Bertz CT molecular complexity index is 1130. The third-order valence-corrected chi connectivity index (χ3v) is 5.36. The molecule has 0 atom stereocenters. The molecule has 0 radical (unpaired) electrons. The molecule has 4 aromatic rings.